The van der Waals surface area contributed by atoms with E-state index < -0.39 is 0 Å². The summed E-state index contributed by atoms with van der Waals surface area (Å²) in [7, 11) is 1.84. The zero-order valence-corrected chi connectivity index (χ0v) is 21.6. The van der Waals surface area contributed by atoms with Gasteiger partial charge in [0.1, 0.15) is 17.5 Å². The number of nitrogens with two attached hydrogens (primary N) is 1. The van der Waals surface area contributed by atoms with E-state index in [1.807, 2.05) is 50.0 Å². The van der Waals surface area contributed by atoms with E-state index in [4.69, 9.17) is 5.73 Å². The van der Waals surface area contributed by atoms with Gasteiger partial charge in [0.15, 0.2) is 5.96 Å². The molecule has 168 valence electrons. The first-order valence-electron chi connectivity index (χ1n) is 10.5. The molecule has 1 atom stereocenters. The van der Waals surface area contributed by atoms with E-state index in [1.165, 1.54) is 12.0 Å². The number of aromatic nitrogens is 2. The Hall–Kier alpha value is -1.93. The van der Waals surface area contributed by atoms with Crippen LogP contribution in [0.25, 0.3) is 5.69 Å². The second-order valence-corrected chi connectivity index (χ2v) is 8.90. The molecule has 0 bridgehead atoms. The van der Waals surface area contributed by atoms with Crippen LogP contribution in [0.5, 0.6) is 0 Å². The van der Waals surface area contributed by atoms with Crippen molar-refractivity contribution in [1.82, 2.24) is 20.0 Å². The first kappa shape index (κ1) is 25.3. The van der Waals surface area contributed by atoms with Crippen molar-refractivity contribution in [3.8, 4) is 11.8 Å². The molecule has 2 aromatic rings. The molecule has 1 unspecified atom stereocenters. The number of guanidine groups is 1. The molecule has 0 aliphatic carbocycles. The summed E-state index contributed by atoms with van der Waals surface area (Å²) in [6, 6.07) is 10.2. The van der Waals surface area contributed by atoms with Gasteiger partial charge in [-0.25, -0.2) is 4.68 Å². The number of anilines is 1. The van der Waals surface area contributed by atoms with Gasteiger partial charge in [0.2, 0.25) is 0 Å². The zero-order chi connectivity index (χ0) is 21.5. The molecule has 1 fully saturated rings. The monoisotopic (exact) mass is 553 g/mol. The summed E-state index contributed by atoms with van der Waals surface area (Å²) < 4.78 is 1.66. The minimum atomic E-state index is 0. The average Bonchev–Trinajstić information content (AvgIpc) is 3.09. The summed E-state index contributed by atoms with van der Waals surface area (Å²) >= 11 is 2.05. The Morgan fingerprint density at radius 2 is 2.13 bits per heavy atom. The van der Waals surface area contributed by atoms with Crippen molar-refractivity contribution < 1.29 is 0 Å². The topological polar surface area (TPSA) is 95.3 Å². The maximum Gasteiger partial charge on any atom is 0.193 e. The van der Waals surface area contributed by atoms with Crippen molar-refractivity contribution in [3.63, 3.8) is 0 Å². The molecule has 1 aromatic heterocycles. The summed E-state index contributed by atoms with van der Waals surface area (Å²) in [6.45, 7) is 7.11. The van der Waals surface area contributed by atoms with Crippen LogP contribution in [-0.2, 0) is 6.42 Å². The molecule has 0 saturated carbocycles. The van der Waals surface area contributed by atoms with Crippen LogP contribution in [0.1, 0.15) is 36.6 Å². The zero-order valence-electron chi connectivity index (χ0n) is 18.5. The number of halogens is 1. The van der Waals surface area contributed by atoms with Gasteiger partial charge < -0.3 is 16.0 Å². The number of benzene rings is 1. The highest BCUT2D eigenvalue weighted by Gasteiger charge is 2.21. The quantitative estimate of drug-likeness (QED) is 0.246. The molecule has 1 aliphatic heterocycles. The standard InChI is InChI=1S/C22H31N7S.HI/c1-4-18-15-28(12-13-30-18)22(25-3)26-11-5-6-20-19(14-23)21(24)29(27-20)17-9-7-16(2)8-10-17;/h7-10,18H,4-6,11-13,15,24H2,1-3H3,(H,25,26);1H. The van der Waals surface area contributed by atoms with Crippen molar-refractivity contribution in [2.24, 2.45) is 4.99 Å². The van der Waals surface area contributed by atoms with Gasteiger partial charge in [0, 0.05) is 37.7 Å². The maximum atomic E-state index is 9.58. The maximum absolute atomic E-state index is 9.58. The number of thioether (sulfide) groups is 1. The number of nitrogens with one attached hydrogen (secondary N) is 1. The molecule has 31 heavy (non-hydrogen) atoms. The van der Waals surface area contributed by atoms with Gasteiger partial charge in [-0.05, 0) is 38.3 Å². The Labute approximate surface area is 206 Å². The summed E-state index contributed by atoms with van der Waals surface area (Å²) in [5, 5.41) is 18.3. The molecule has 7 nitrogen and oxygen atoms in total. The smallest absolute Gasteiger partial charge is 0.193 e. The molecule has 1 saturated heterocycles. The van der Waals surface area contributed by atoms with E-state index in [0.29, 0.717) is 23.1 Å². The summed E-state index contributed by atoms with van der Waals surface area (Å²) in [5.74, 6) is 2.50. The van der Waals surface area contributed by atoms with E-state index >= 15 is 0 Å². The van der Waals surface area contributed by atoms with Gasteiger partial charge in [-0.15, -0.1) is 24.0 Å². The van der Waals surface area contributed by atoms with E-state index in [9.17, 15) is 5.26 Å². The highest BCUT2D eigenvalue weighted by atomic mass is 127. The Balaban J connectivity index is 0.00000341. The third-order valence-corrected chi connectivity index (χ3v) is 6.73. The normalized spacial score (nSPS) is 16.5. The van der Waals surface area contributed by atoms with Crippen LogP contribution in [0.3, 0.4) is 0 Å². The van der Waals surface area contributed by atoms with Crippen molar-refractivity contribution in [3.05, 3.63) is 41.1 Å². The van der Waals surface area contributed by atoms with Crippen LogP contribution in [0.4, 0.5) is 5.82 Å². The fraction of sp³-hybridized carbons (Fsp3) is 0.500. The molecule has 3 rings (SSSR count). The molecule has 3 N–H and O–H groups in total. The van der Waals surface area contributed by atoms with Gasteiger partial charge in [-0.3, -0.25) is 4.99 Å². The fourth-order valence-corrected chi connectivity index (χ4v) is 4.79. The lowest BCUT2D eigenvalue weighted by Gasteiger charge is -2.34. The third-order valence-electron chi connectivity index (χ3n) is 5.36. The molecular formula is C22H32IN7S. The molecule has 1 aromatic carbocycles. The Kier molecular flexibility index (Phi) is 9.96. The van der Waals surface area contributed by atoms with E-state index in [2.05, 4.69) is 33.3 Å². The lowest BCUT2D eigenvalue weighted by Crippen LogP contribution is -2.48. The number of hydrogen-bond acceptors (Lipinski definition) is 5. The molecule has 9 heteroatoms. The van der Waals surface area contributed by atoms with Crippen molar-refractivity contribution in [2.45, 2.75) is 38.4 Å². The molecule has 0 spiro atoms. The van der Waals surface area contributed by atoms with E-state index in [0.717, 1.165) is 49.1 Å². The van der Waals surface area contributed by atoms with Crippen LogP contribution in [0.2, 0.25) is 0 Å². The minimum Gasteiger partial charge on any atom is -0.382 e. The number of nitriles is 1. The molecule has 0 amide bonds. The predicted molar refractivity (Wildman–Crippen MR) is 141 cm³/mol. The molecule has 0 radical (unpaired) electrons. The average molecular weight is 554 g/mol. The SMILES string of the molecule is CCC1CN(C(=NC)NCCCc2nn(-c3ccc(C)cc3)c(N)c2C#N)CCS1.I. The lowest BCUT2D eigenvalue weighted by atomic mass is 10.1. The van der Waals surface area contributed by atoms with Crippen LogP contribution < -0.4 is 11.1 Å². The van der Waals surface area contributed by atoms with Gasteiger partial charge in [0.05, 0.1) is 11.4 Å². The fourth-order valence-electron chi connectivity index (χ4n) is 3.60. The van der Waals surface area contributed by atoms with Crippen LogP contribution in [0.15, 0.2) is 29.3 Å². The summed E-state index contributed by atoms with van der Waals surface area (Å²) in [6.07, 6.45) is 2.71. The van der Waals surface area contributed by atoms with Crippen molar-refractivity contribution in [1.29, 1.82) is 5.26 Å². The van der Waals surface area contributed by atoms with Crippen LogP contribution in [0, 0.1) is 18.3 Å². The first-order chi connectivity index (χ1) is 14.6. The number of aryl methyl sites for hydroxylation is 2. The van der Waals surface area contributed by atoms with Crippen molar-refractivity contribution >= 4 is 47.5 Å². The van der Waals surface area contributed by atoms with E-state index in [-0.39, 0.29) is 24.0 Å². The Morgan fingerprint density at radius 1 is 1.39 bits per heavy atom. The predicted octanol–water partition coefficient (Wildman–Crippen LogP) is 3.59. The summed E-state index contributed by atoms with van der Waals surface area (Å²) in [5.41, 5.74) is 9.47. The highest BCUT2D eigenvalue weighted by Crippen LogP contribution is 2.22. The van der Waals surface area contributed by atoms with Crippen molar-refractivity contribution in [2.75, 3.05) is 38.2 Å². The number of rotatable bonds is 6. The van der Waals surface area contributed by atoms with Gasteiger partial charge in [0.25, 0.3) is 0 Å². The van der Waals surface area contributed by atoms with Crippen LogP contribution in [-0.4, -0.2) is 58.3 Å². The third kappa shape index (κ3) is 6.29. The van der Waals surface area contributed by atoms with Gasteiger partial charge in [-0.2, -0.15) is 22.1 Å². The molecular weight excluding hydrogens is 521 g/mol. The number of hydrogen-bond donors (Lipinski definition) is 2. The second kappa shape index (κ2) is 12.2. The van der Waals surface area contributed by atoms with E-state index in [1.54, 1.807) is 4.68 Å². The number of nitrogens with zero attached hydrogens (tertiary/aromatic N) is 5. The molecule has 1 aliphatic rings. The second-order valence-electron chi connectivity index (χ2n) is 7.49. The molecule has 2 heterocycles. The van der Waals surface area contributed by atoms with Gasteiger partial charge in [-0.1, -0.05) is 24.6 Å². The Bertz CT molecular complexity index is 917. The number of aliphatic imine (C=N–C) groups is 1. The highest BCUT2D eigenvalue weighted by molar-refractivity contribution is 14.0. The van der Waals surface area contributed by atoms with Gasteiger partial charge >= 0.3 is 0 Å². The van der Waals surface area contributed by atoms with Crippen LogP contribution >= 0.6 is 35.7 Å². The number of nitrogen functional groups attached to an aromatic ring is 1. The first-order valence-corrected chi connectivity index (χ1v) is 11.5. The Morgan fingerprint density at radius 3 is 2.77 bits per heavy atom. The summed E-state index contributed by atoms with van der Waals surface area (Å²) in [4.78, 5) is 6.80. The minimum absolute atomic E-state index is 0. The largest absolute Gasteiger partial charge is 0.382 e. The lowest BCUT2D eigenvalue weighted by molar-refractivity contribution is 0.408.